The first kappa shape index (κ1) is 10.4. The van der Waals surface area contributed by atoms with Gasteiger partial charge >= 0.3 is 0 Å². The zero-order valence-corrected chi connectivity index (χ0v) is 8.42. The molecule has 0 aromatic heterocycles. The highest BCUT2D eigenvalue weighted by Gasteiger charge is 2.23. The molecule has 0 spiro atoms. The van der Waals surface area contributed by atoms with Gasteiger partial charge < -0.3 is 10.0 Å². The van der Waals surface area contributed by atoms with Crippen molar-refractivity contribution in [3.8, 4) is 6.19 Å². The quantitative estimate of drug-likeness (QED) is 0.379. The van der Waals surface area contributed by atoms with Gasteiger partial charge in [0.15, 0.2) is 5.17 Å². The molecule has 0 saturated carbocycles. The van der Waals surface area contributed by atoms with Crippen LogP contribution in [-0.4, -0.2) is 41.1 Å². The number of aliphatic hydroxyl groups is 1. The minimum atomic E-state index is 0.227. The number of aliphatic hydroxyl groups excluding tert-OH is 1. The second-order valence-corrected chi connectivity index (χ2v) is 3.76. The zero-order chi connectivity index (χ0) is 9.68. The number of amidine groups is 1. The van der Waals surface area contributed by atoms with E-state index in [4.69, 9.17) is 10.4 Å². The molecule has 0 bridgehead atoms. The molecule has 1 fully saturated rings. The van der Waals surface area contributed by atoms with E-state index in [1.165, 1.54) is 11.8 Å². The molecule has 1 aliphatic rings. The smallest absolute Gasteiger partial charge is 0.208 e. The van der Waals surface area contributed by atoms with Crippen LogP contribution in [0.1, 0.15) is 6.42 Å². The molecular weight excluding hydrogens is 186 g/mol. The summed E-state index contributed by atoms with van der Waals surface area (Å²) in [4.78, 5) is 5.77. The second-order valence-electron chi connectivity index (χ2n) is 2.98. The van der Waals surface area contributed by atoms with Crippen molar-refractivity contribution in [1.82, 2.24) is 4.90 Å². The molecular formula is C8H13N3OS. The van der Waals surface area contributed by atoms with E-state index < -0.39 is 0 Å². The third-order valence-electron chi connectivity index (χ3n) is 2.14. The van der Waals surface area contributed by atoms with Crippen LogP contribution in [0, 0.1) is 17.4 Å². The fourth-order valence-corrected chi connectivity index (χ4v) is 2.00. The Hall–Kier alpha value is -0.730. The summed E-state index contributed by atoms with van der Waals surface area (Å²) in [6.07, 6.45) is 4.68. The van der Waals surface area contributed by atoms with E-state index in [0.717, 1.165) is 24.7 Å². The molecule has 0 amide bonds. The first-order valence-electron chi connectivity index (χ1n) is 4.18. The predicted molar refractivity (Wildman–Crippen MR) is 53.3 cm³/mol. The van der Waals surface area contributed by atoms with Crippen molar-refractivity contribution in [1.29, 1.82) is 5.26 Å². The fourth-order valence-electron chi connectivity index (χ4n) is 1.44. The van der Waals surface area contributed by atoms with Gasteiger partial charge in [0.2, 0.25) is 6.19 Å². The molecule has 1 saturated heterocycles. The molecule has 0 aliphatic carbocycles. The van der Waals surface area contributed by atoms with Crippen LogP contribution in [0.5, 0.6) is 0 Å². The Morgan fingerprint density at radius 3 is 3.08 bits per heavy atom. The molecule has 0 radical (unpaired) electrons. The normalized spacial score (nSPS) is 23.3. The third kappa shape index (κ3) is 2.61. The van der Waals surface area contributed by atoms with Crippen LogP contribution in [0.3, 0.4) is 0 Å². The van der Waals surface area contributed by atoms with Gasteiger partial charge in [-0.05, 0) is 12.7 Å². The van der Waals surface area contributed by atoms with Crippen LogP contribution < -0.4 is 0 Å². The maximum absolute atomic E-state index is 8.93. The summed E-state index contributed by atoms with van der Waals surface area (Å²) in [7, 11) is 0. The lowest BCUT2D eigenvalue weighted by Crippen LogP contribution is -2.26. The molecule has 1 rings (SSSR count). The van der Waals surface area contributed by atoms with Gasteiger partial charge in [0, 0.05) is 25.6 Å². The fraction of sp³-hybridized carbons (Fsp3) is 0.750. The van der Waals surface area contributed by atoms with Crippen molar-refractivity contribution < 1.29 is 5.11 Å². The Morgan fingerprint density at radius 1 is 1.85 bits per heavy atom. The van der Waals surface area contributed by atoms with Gasteiger partial charge in [-0.25, -0.2) is 0 Å². The number of aliphatic imine (C=N–C) groups is 1. The highest BCUT2D eigenvalue weighted by Crippen LogP contribution is 2.19. The lowest BCUT2D eigenvalue weighted by Gasteiger charge is -2.17. The van der Waals surface area contributed by atoms with Crippen LogP contribution in [0.15, 0.2) is 4.99 Å². The Balaban J connectivity index is 2.54. The highest BCUT2D eigenvalue weighted by atomic mass is 32.2. The van der Waals surface area contributed by atoms with E-state index in [2.05, 4.69) is 9.89 Å². The van der Waals surface area contributed by atoms with Crippen molar-refractivity contribution in [3.05, 3.63) is 0 Å². The summed E-state index contributed by atoms with van der Waals surface area (Å²) < 4.78 is 0. The average Bonchev–Trinajstić information content (AvgIpc) is 2.62. The summed E-state index contributed by atoms with van der Waals surface area (Å²) in [5, 5.41) is 18.1. The molecule has 0 aromatic rings. The number of hydrogen-bond donors (Lipinski definition) is 1. The second kappa shape index (κ2) is 5.10. The summed E-state index contributed by atoms with van der Waals surface area (Å²) in [5.41, 5.74) is 0. The molecule has 1 aliphatic heterocycles. The van der Waals surface area contributed by atoms with Crippen LogP contribution in [-0.2, 0) is 0 Å². The Morgan fingerprint density at radius 2 is 2.62 bits per heavy atom. The van der Waals surface area contributed by atoms with Gasteiger partial charge in [-0.3, -0.25) is 0 Å². The number of nitriles is 1. The summed E-state index contributed by atoms with van der Waals surface area (Å²) in [6.45, 7) is 1.94. The Labute approximate surface area is 82.3 Å². The molecule has 1 heterocycles. The van der Waals surface area contributed by atoms with Crippen molar-refractivity contribution in [3.63, 3.8) is 0 Å². The zero-order valence-electron chi connectivity index (χ0n) is 7.60. The summed E-state index contributed by atoms with van der Waals surface area (Å²) in [5.74, 6) is 0.344. The van der Waals surface area contributed by atoms with E-state index in [0.29, 0.717) is 5.92 Å². The lowest BCUT2D eigenvalue weighted by atomic mass is 10.1. The van der Waals surface area contributed by atoms with E-state index in [1.54, 1.807) is 6.19 Å². The maximum atomic E-state index is 8.93. The van der Waals surface area contributed by atoms with Crippen LogP contribution >= 0.6 is 11.8 Å². The predicted octanol–water partition coefficient (Wildman–Crippen LogP) is 0.501. The average molecular weight is 199 g/mol. The van der Waals surface area contributed by atoms with Gasteiger partial charge in [-0.1, -0.05) is 11.8 Å². The number of likely N-dealkylation sites (tertiary alicyclic amines) is 1. The standard InChI is InChI=1S/C8H13N3OS/c1-13-8(10-6-9)11-3-2-7(4-11)5-12/h7,12H,2-5H2,1H3. The molecule has 1 atom stereocenters. The molecule has 4 nitrogen and oxygen atoms in total. The van der Waals surface area contributed by atoms with E-state index in [9.17, 15) is 0 Å². The number of nitrogens with zero attached hydrogens (tertiary/aromatic N) is 3. The highest BCUT2D eigenvalue weighted by molar-refractivity contribution is 8.13. The SMILES string of the molecule is CSC(=NC#N)N1CCC(CO)C1. The van der Waals surface area contributed by atoms with Crippen LogP contribution in [0.4, 0.5) is 0 Å². The van der Waals surface area contributed by atoms with Gasteiger partial charge in [-0.15, -0.1) is 4.99 Å². The van der Waals surface area contributed by atoms with Gasteiger partial charge in [0.1, 0.15) is 0 Å². The van der Waals surface area contributed by atoms with Gasteiger partial charge in [-0.2, -0.15) is 5.26 Å². The third-order valence-corrected chi connectivity index (χ3v) is 2.86. The lowest BCUT2D eigenvalue weighted by molar-refractivity contribution is 0.232. The first-order chi connectivity index (χ1) is 6.31. The largest absolute Gasteiger partial charge is 0.396 e. The Bertz CT molecular complexity index is 236. The van der Waals surface area contributed by atoms with Crippen LogP contribution in [0.2, 0.25) is 0 Å². The maximum Gasteiger partial charge on any atom is 0.208 e. The van der Waals surface area contributed by atoms with Crippen molar-refractivity contribution in [2.75, 3.05) is 26.0 Å². The number of hydrogen-bond acceptors (Lipinski definition) is 4. The molecule has 1 N–H and O–H groups in total. The van der Waals surface area contributed by atoms with E-state index in [-0.39, 0.29) is 6.61 Å². The van der Waals surface area contributed by atoms with E-state index in [1.807, 2.05) is 6.26 Å². The molecule has 13 heavy (non-hydrogen) atoms. The van der Waals surface area contributed by atoms with E-state index >= 15 is 0 Å². The molecule has 0 aromatic carbocycles. The van der Waals surface area contributed by atoms with Gasteiger partial charge in [0.25, 0.3) is 0 Å². The van der Waals surface area contributed by atoms with Crippen LogP contribution in [0.25, 0.3) is 0 Å². The number of thioether (sulfide) groups is 1. The topological polar surface area (TPSA) is 59.6 Å². The first-order valence-corrected chi connectivity index (χ1v) is 5.40. The minimum absolute atomic E-state index is 0.227. The minimum Gasteiger partial charge on any atom is -0.396 e. The summed E-state index contributed by atoms with van der Waals surface area (Å²) >= 11 is 1.48. The van der Waals surface area contributed by atoms with Crippen molar-refractivity contribution >= 4 is 16.9 Å². The summed E-state index contributed by atoms with van der Waals surface area (Å²) in [6, 6.07) is 0. The molecule has 5 heteroatoms. The Kier molecular flexibility index (Phi) is 4.06. The number of rotatable bonds is 1. The monoisotopic (exact) mass is 199 g/mol. The molecule has 72 valence electrons. The molecule has 1 unspecified atom stereocenters. The van der Waals surface area contributed by atoms with Gasteiger partial charge in [0.05, 0.1) is 0 Å². The van der Waals surface area contributed by atoms with Crippen molar-refractivity contribution in [2.45, 2.75) is 6.42 Å². The van der Waals surface area contributed by atoms with Crippen molar-refractivity contribution in [2.24, 2.45) is 10.9 Å².